The molecule has 1 saturated heterocycles. The number of ether oxygens (including phenoxy) is 6. The van der Waals surface area contributed by atoms with Crippen LogP contribution in [0.5, 0.6) is 11.5 Å². The number of nitrogens with one attached hydrogen (secondary N) is 1. The fourth-order valence-electron chi connectivity index (χ4n) is 5.62. The number of methoxy groups -OCH3 is 5. The Balaban J connectivity index is 1.50. The van der Waals surface area contributed by atoms with Gasteiger partial charge in [-0.05, 0) is 65.9 Å². The zero-order chi connectivity index (χ0) is 35.6. The molecule has 0 spiro atoms. The standard InChI is InChI=1S/C35H42N2O11S/c1-43-17-18-48-22-24-20-30(44-2)32(31(21-24)45-3)25-10-8-23(9-11-25)19-28(35(40)47-5)36-33(38)29-7-6-16-37(29)49(41,42)27-14-12-26(13-15-27)34(39)46-4/h8-15,20-21,28-29H,6-7,16-19,22H2,1-5H3,(H,36,38). The SMILES string of the molecule is COCCOCc1cc(OC)c(-c2ccc(CC(NC(=O)C3CCCN3S(=O)(=O)c3ccc(C(=O)OC)cc3)C(=O)OC)cc2)c(OC)c1. The van der Waals surface area contributed by atoms with Crippen LogP contribution in [0.15, 0.2) is 65.6 Å². The van der Waals surface area contributed by atoms with E-state index in [1.54, 1.807) is 21.3 Å². The number of sulfonamides is 1. The van der Waals surface area contributed by atoms with Crippen LogP contribution in [0, 0.1) is 0 Å². The third kappa shape index (κ3) is 8.95. The highest BCUT2D eigenvalue weighted by molar-refractivity contribution is 7.89. The summed E-state index contributed by atoms with van der Waals surface area (Å²) >= 11 is 0. The minimum absolute atomic E-state index is 0.0669. The number of rotatable bonds is 16. The predicted molar refractivity (Wildman–Crippen MR) is 179 cm³/mol. The average Bonchev–Trinajstić information content (AvgIpc) is 3.64. The summed E-state index contributed by atoms with van der Waals surface area (Å²) < 4.78 is 59.9. The minimum Gasteiger partial charge on any atom is -0.496 e. The second-order valence-corrected chi connectivity index (χ2v) is 13.1. The lowest BCUT2D eigenvalue weighted by molar-refractivity contribution is -0.145. The molecule has 4 rings (SSSR count). The maximum absolute atomic E-state index is 13.5. The van der Waals surface area contributed by atoms with Crippen molar-refractivity contribution in [2.24, 2.45) is 0 Å². The predicted octanol–water partition coefficient (Wildman–Crippen LogP) is 3.37. The van der Waals surface area contributed by atoms with Crippen LogP contribution in [0.25, 0.3) is 11.1 Å². The number of amides is 1. The summed E-state index contributed by atoms with van der Waals surface area (Å²) in [5, 5.41) is 2.72. The number of carbonyl (C=O) groups is 3. The van der Waals surface area contributed by atoms with Crippen molar-refractivity contribution in [2.75, 3.05) is 55.3 Å². The molecule has 1 N–H and O–H groups in total. The molecule has 49 heavy (non-hydrogen) atoms. The molecule has 14 heteroatoms. The molecule has 2 unspecified atom stereocenters. The maximum Gasteiger partial charge on any atom is 0.337 e. The lowest BCUT2D eigenvalue weighted by atomic mass is 9.98. The third-order valence-corrected chi connectivity index (χ3v) is 10.1. The van der Waals surface area contributed by atoms with E-state index in [4.69, 9.17) is 23.7 Å². The zero-order valence-electron chi connectivity index (χ0n) is 28.2. The van der Waals surface area contributed by atoms with Crippen LogP contribution in [-0.2, 0) is 51.6 Å². The Hall–Kier alpha value is -4.50. The number of nitrogens with zero attached hydrogens (tertiary/aromatic N) is 1. The molecular formula is C35H42N2O11S. The Morgan fingerprint density at radius 3 is 2.08 bits per heavy atom. The monoisotopic (exact) mass is 698 g/mol. The van der Waals surface area contributed by atoms with E-state index in [1.807, 2.05) is 36.4 Å². The smallest absolute Gasteiger partial charge is 0.337 e. The molecule has 0 saturated carbocycles. The van der Waals surface area contributed by atoms with Gasteiger partial charge >= 0.3 is 11.9 Å². The van der Waals surface area contributed by atoms with E-state index < -0.39 is 40.0 Å². The van der Waals surface area contributed by atoms with Gasteiger partial charge < -0.3 is 33.7 Å². The van der Waals surface area contributed by atoms with Crippen molar-refractivity contribution in [3.8, 4) is 22.6 Å². The molecule has 0 aromatic heterocycles. The summed E-state index contributed by atoms with van der Waals surface area (Å²) in [5.41, 5.74) is 3.32. The van der Waals surface area contributed by atoms with Crippen LogP contribution in [0.4, 0.5) is 0 Å². The molecule has 1 aliphatic rings. The van der Waals surface area contributed by atoms with Gasteiger partial charge in [0.05, 0.1) is 64.3 Å². The zero-order valence-corrected chi connectivity index (χ0v) is 29.0. The molecule has 1 aliphatic heterocycles. The number of esters is 2. The van der Waals surface area contributed by atoms with Crippen molar-refractivity contribution in [2.45, 2.75) is 42.8 Å². The molecule has 3 aromatic carbocycles. The molecule has 0 radical (unpaired) electrons. The van der Waals surface area contributed by atoms with E-state index >= 15 is 0 Å². The summed E-state index contributed by atoms with van der Waals surface area (Å²) in [4.78, 5) is 38.1. The van der Waals surface area contributed by atoms with Gasteiger partial charge in [0.2, 0.25) is 15.9 Å². The van der Waals surface area contributed by atoms with Gasteiger partial charge in [-0.2, -0.15) is 4.31 Å². The largest absolute Gasteiger partial charge is 0.496 e. The van der Waals surface area contributed by atoms with Gasteiger partial charge in [0.1, 0.15) is 23.6 Å². The summed E-state index contributed by atoms with van der Waals surface area (Å²) in [7, 11) is 3.12. The van der Waals surface area contributed by atoms with Crippen LogP contribution in [0.3, 0.4) is 0 Å². The molecule has 0 bridgehead atoms. The number of hydrogen-bond acceptors (Lipinski definition) is 11. The Morgan fingerprint density at radius 1 is 0.857 bits per heavy atom. The van der Waals surface area contributed by atoms with Crippen molar-refractivity contribution in [1.82, 2.24) is 9.62 Å². The van der Waals surface area contributed by atoms with Crippen molar-refractivity contribution in [3.63, 3.8) is 0 Å². The molecule has 264 valence electrons. The second kappa shape index (κ2) is 17.2. The highest BCUT2D eigenvalue weighted by Crippen LogP contribution is 2.40. The minimum atomic E-state index is -4.08. The van der Waals surface area contributed by atoms with Crippen molar-refractivity contribution in [3.05, 3.63) is 77.4 Å². The fourth-order valence-corrected chi connectivity index (χ4v) is 7.28. The van der Waals surface area contributed by atoms with E-state index in [-0.39, 0.29) is 29.8 Å². The Morgan fingerprint density at radius 2 is 1.51 bits per heavy atom. The molecule has 1 amide bonds. The first-order chi connectivity index (χ1) is 23.6. The van der Waals surface area contributed by atoms with Crippen molar-refractivity contribution < 1.29 is 51.2 Å². The first-order valence-electron chi connectivity index (χ1n) is 15.6. The van der Waals surface area contributed by atoms with Gasteiger partial charge in [-0.25, -0.2) is 18.0 Å². The molecule has 1 fully saturated rings. The molecular weight excluding hydrogens is 656 g/mol. The summed E-state index contributed by atoms with van der Waals surface area (Å²) in [6.45, 7) is 1.41. The highest BCUT2D eigenvalue weighted by atomic mass is 32.2. The van der Waals surface area contributed by atoms with E-state index in [9.17, 15) is 22.8 Å². The molecule has 2 atom stereocenters. The molecule has 1 heterocycles. The lowest BCUT2D eigenvalue weighted by Gasteiger charge is -2.25. The number of carbonyl (C=O) groups excluding carboxylic acids is 3. The molecule has 13 nitrogen and oxygen atoms in total. The van der Waals surface area contributed by atoms with Crippen molar-refractivity contribution >= 4 is 27.9 Å². The maximum atomic E-state index is 13.5. The Bertz CT molecular complexity index is 1690. The Kier molecular flexibility index (Phi) is 13.1. The normalized spacial score (nSPS) is 15.3. The van der Waals surface area contributed by atoms with Crippen LogP contribution in [0.1, 0.15) is 34.3 Å². The van der Waals surface area contributed by atoms with Crippen LogP contribution in [0.2, 0.25) is 0 Å². The first kappa shape index (κ1) is 37.3. The van der Waals surface area contributed by atoms with Crippen LogP contribution in [-0.4, -0.2) is 98.0 Å². The Labute approximate surface area is 286 Å². The topological polar surface area (TPSA) is 156 Å². The third-order valence-electron chi connectivity index (χ3n) is 8.14. The average molecular weight is 699 g/mol. The van der Waals surface area contributed by atoms with Crippen LogP contribution >= 0.6 is 0 Å². The summed E-state index contributed by atoms with van der Waals surface area (Å²) in [5.74, 6) is -0.699. The van der Waals surface area contributed by atoms with Gasteiger partial charge in [0, 0.05) is 20.1 Å². The highest BCUT2D eigenvalue weighted by Gasteiger charge is 2.40. The lowest BCUT2D eigenvalue weighted by Crippen LogP contribution is -2.51. The van der Waals surface area contributed by atoms with Gasteiger partial charge in [0.15, 0.2) is 0 Å². The number of benzene rings is 3. The molecule has 0 aliphatic carbocycles. The van der Waals surface area contributed by atoms with E-state index in [0.717, 1.165) is 26.6 Å². The quantitative estimate of drug-likeness (QED) is 0.173. The van der Waals surface area contributed by atoms with E-state index in [0.29, 0.717) is 37.7 Å². The summed E-state index contributed by atoms with van der Waals surface area (Å²) in [6, 6.07) is 14.3. The van der Waals surface area contributed by atoms with Crippen molar-refractivity contribution in [1.29, 1.82) is 0 Å². The number of hydrogen-bond donors (Lipinski definition) is 1. The van der Waals surface area contributed by atoms with E-state index in [2.05, 4.69) is 10.1 Å². The second-order valence-electron chi connectivity index (χ2n) is 11.2. The van der Waals surface area contributed by atoms with Gasteiger partial charge in [-0.1, -0.05) is 24.3 Å². The van der Waals surface area contributed by atoms with E-state index in [1.165, 1.54) is 38.5 Å². The first-order valence-corrected chi connectivity index (χ1v) is 17.0. The summed E-state index contributed by atoms with van der Waals surface area (Å²) in [6.07, 6.45) is 0.825. The van der Waals surface area contributed by atoms with Crippen LogP contribution < -0.4 is 14.8 Å². The molecule has 3 aromatic rings. The van der Waals surface area contributed by atoms with Gasteiger partial charge in [-0.3, -0.25) is 4.79 Å². The van der Waals surface area contributed by atoms with Gasteiger partial charge in [0.25, 0.3) is 0 Å². The van der Waals surface area contributed by atoms with Gasteiger partial charge in [-0.15, -0.1) is 0 Å². The fraction of sp³-hybridized carbons (Fsp3) is 0.400.